The second-order valence-electron chi connectivity index (χ2n) is 4.94. The lowest BCUT2D eigenvalue weighted by molar-refractivity contribution is 0.0653. The average molecular weight is 309 g/mol. The van der Waals surface area contributed by atoms with Crippen LogP contribution in [0.25, 0.3) is 0 Å². The molecule has 2 atom stereocenters. The molecule has 2 aromatic rings. The molecule has 0 aromatic heterocycles. The molecule has 0 amide bonds. The number of hydrogen-bond donors (Lipinski definition) is 1. The van der Waals surface area contributed by atoms with E-state index in [0.29, 0.717) is 29.0 Å². The Morgan fingerprint density at radius 2 is 2.10 bits per heavy atom. The number of ether oxygens (including phenoxy) is 2. The van der Waals surface area contributed by atoms with Gasteiger partial charge in [-0.2, -0.15) is 0 Å². The van der Waals surface area contributed by atoms with E-state index in [9.17, 15) is 9.50 Å². The molecule has 1 heterocycles. The van der Waals surface area contributed by atoms with E-state index in [1.54, 1.807) is 31.4 Å². The summed E-state index contributed by atoms with van der Waals surface area (Å²) in [6, 6.07) is 9.80. The van der Waals surface area contributed by atoms with E-state index in [1.165, 1.54) is 12.1 Å². The van der Waals surface area contributed by atoms with Crippen molar-refractivity contribution in [3.8, 4) is 11.5 Å². The molecule has 3 nitrogen and oxygen atoms in total. The molecule has 3 rings (SSSR count). The van der Waals surface area contributed by atoms with Crippen molar-refractivity contribution in [1.82, 2.24) is 0 Å². The highest BCUT2D eigenvalue weighted by Crippen LogP contribution is 2.42. The van der Waals surface area contributed by atoms with Gasteiger partial charge in [0.05, 0.1) is 18.2 Å². The number of aliphatic hydroxyl groups is 1. The van der Waals surface area contributed by atoms with Crippen molar-refractivity contribution >= 4 is 11.6 Å². The first kappa shape index (κ1) is 14.2. The Morgan fingerprint density at radius 3 is 2.81 bits per heavy atom. The average Bonchev–Trinajstić information content (AvgIpc) is 2.49. The molecule has 1 aliphatic rings. The highest BCUT2D eigenvalue weighted by molar-refractivity contribution is 6.30. The van der Waals surface area contributed by atoms with Crippen molar-refractivity contribution in [1.29, 1.82) is 0 Å². The van der Waals surface area contributed by atoms with Crippen LogP contribution < -0.4 is 9.47 Å². The van der Waals surface area contributed by atoms with Crippen molar-refractivity contribution in [3.05, 3.63) is 58.4 Å². The molecule has 1 aliphatic heterocycles. The predicted molar refractivity (Wildman–Crippen MR) is 77.3 cm³/mol. The molecule has 0 saturated heterocycles. The zero-order valence-electron chi connectivity index (χ0n) is 11.3. The van der Waals surface area contributed by atoms with Gasteiger partial charge in [-0.05, 0) is 29.8 Å². The number of hydrogen-bond acceptors (Lipinski definition) is 3. The third-order valence-corrected chi connectivity index (χ3v) is 3.91. The van der Waals surface area contributed by atoms with Gasteiger partial charge in [-0.15, -0.1) is 0 Å². The third kappa shape index (κ3) is 2.69. The summed E-state index contributed by atoms with van der Waals surface area (Å²) >= 11 is 5.69. The Hall–Kier alpha value is -1.78. The molecule has 21 heavy (non-hydrogen) atoms. The van der Waals surface area contributed by atoms with E-state index in [0.717, 1.165) is 0 Å². The smallest absolute Gasteiger partial charge is 0.142 e. The first-order valence-corrected chi connectivity index (χ1v) is 6.94. The summed E-state index contributed by atoms with van der Waals surface area (Å²) < 4.78 is 24.6. The van der Waals surface area contributed by atoms with Crippen LogP contribution in [0.1, 0.15) is 29.8 Å². The number of aliphatic hydroxyl groups excluding tert-OH is 1. The molecule has 5 heteroatoms. The molecule has 0 spiro atoms. The van der Waals surface area contributed by atoms with E-state index in [2.05, 4.69) is 0 Å². The van der Waals surface area contributed by atoms with E-state index < -0.39 is 18.0 Å². The molecular weight excluding hydrogens is 295 g/mol. The minimum Gasteiger partial charge on any atom is -0.497 e. The molecule has 110 valence electrons. The zero-order chi connectivity index (χ0) is 15.0. The topological polar surface area (TPSA) is 38.7 Å². The number of halogens is 2. The lowest BCUT2D eigenvalue weighted by Crippen LogP contribution is -2.19. The van der Waals surface area contributed by atoms with Gasteiger partial charge in [0.2, 0.25) is 0 Å². The fourth-order valence-corrected chi connectivity index (χ4v) is 2.58. The number of rotatable bonds is 2. The van der Waals surface area contributed by atoms with Crippen LogP contribution in [-0.4, -0.2) is 12.2 Å². The first-order valence-electron chi connectivity index (χ1n) is 6.56. The van der Waals surface area contributed by atoms with Crippen molar-refractivity contribution in [2.75, 3.05) is 7.11 Å². The van der Waals surface area contributed by atoms with Gasteiger partial charge in [0.25, 0.3) is 0 Å². The van der Waals surface area contributed by atoms with Crippen molar-refractivity contribution in [2.24, 2.45) is 0 Å². The summed E-state index contributed by atoms with van der Waals surface area (Å²) in [6.45, 7) is 0. The largest absolute Gasteiger partial charge is 0.497 e. The van der Waals surface area contributed by atoms with Gasteiger partial charge in [-0.25, -0.2) is 4.39 Å². The second kappa shape index (κ2) is 5.54. The highest BCUT2D eigenvalue weighted by atomic mass is 35.5. The monoisotopic (exact) mass is 308 g/mol. The van der Waals surface area contributed by atoms with Crippen molar-refractivity contribution in [2.45, 2.75) is 18.6 Å². The van der Waals surface area contributed by atoms with Gasteiger partial charge < -0.3 is 14.6 Å². The molecule has 0 fully saturated rings. The molecule has 1 N–H and O–H groups in total. The van der Waals surface area contributed by atoms with Gasteiger partial charge in [-0.1, -0.05) is 17.7 Å². The minimum atomic E-state index is -0.664. The van der Waals surface area contributed by atoms with Gasteiger partial charge in [0.1, 0.15) is 23.4 Å². The Balaban J connectivity index is 1.94. The van der Waals surface area contributed by atoms with E-state index in [1.807, 2.05) is 0 Å². The van der Waals surface area contributed by atoms with E-state index in [4.69, 9.17) is 21.1 Å². The maximum Gasteiger partial charge on any atom is 0.142 e. The fraction of sp³-hybridized carbons (Fsp3) is 0.250. The lowest BCUT2D eigenvalue weighted by Gasteiger charge is -2.30. The molecule has 2 unspecified atom stereocenters. The quantitative estimate of drug-likeness (QED) is 0.910. The molecule has 0 saturated carbocycles. The Labute approximate surface area is 126 Å². The van der Waals surface area contributed by atoms with Crippen LogP contribution in [0, 0.1) is 5.82 Å². The van der Waals surface area contributed by atoms with Crippen LogP contribution in [0.15, 0.2) is 36.4 Å². The second-order valence-corrected chi connectivity index (χ2v) is 5.34. The molecule has 0 bridgehead atoms. The molecule has 0 aliphatic carbocycles. The highest BCUT2D eigenvalue weighted by Gasteiger charge is 2.28. The standard InChI is InChI=1S/C16H14ClFO3/c1-20-10-3-4-11-14(19)8-15(21-16(11)7-10)9-2-5-12(17)13(18)6-9/h2-7,14-15,19H,8H2,1H3. The minimum absolute atomic E-state index is 0.0668. The van der Waals surface area contributed by atoms with Crippen molar-refractivity contribution in [3.63, 3.8) is 0 Å². The normalized spacial score (nSPS) is 20.6. The molecule has 2 aromatic carbocycles. The van der Waals surface area contributed by atoms with Crippen LogP contribution in [0.2, 0.25) is 5.02 Å². The first-order chi connectivity index (χ1) is 10.1. The summed E-state index contributed by atoms with van der Waals surface area (Å²) in [5.41, 5.74) is 1.35. The van der Waals surface area contributed by atoms with Crippen LogP contribution in [0.5, 0.6) is 11.5 Å². The maximum atomic E-state index is 13.6. The summed E-state index contributed by atoms with van der Waals surface area (Å²) in [7, 11) is 1.56. The summed E-state index contributed by atoms with van der Waals surface area (Å²) in [4.78, 5) is 0. The van der Waals surface area contributed by atoms with Crippen molar-refractivity contribution < 1.29 is 19.0 Å². The van der Waals surface area contributed by atoms with Gasteiger partial charge in [-0.3, -0.25) is 0 Å². The summed E-state index contributed by atoms with van der Waals surface area (Å²) in [5, 5.41) is 10.3. The van der Waals surface area contributed by atoms with Gasteiger partial charge in [0, 0.05) is 18.1 Å². The van der Waals surface area contributed by atoms with Gasteiger partial charge in [0.15, 0.2) is 0 Å². The Kier molecular flexibility index (Phi) is 3.74. The maximum absolute atomic E-state index is 13.6. The number of benzene rings is 2. The SMILES string of the molecule is COc1ccc2c(c1)OC(c1ccc(Cl)c(F)c1)CC2O. The number of fused-ring (bicyclic) bond motifs is 1. The van der Waals surface area contributed by atoms with Crippen LogP contribution in [0.3, 0.4) is 0 Å². The van der Waals surface area contributed by atoms with Crippen LogP contribution >= 0.6 is 11.6 Å². The fourth-order valence-electron chi connectivity index (χ4n) is 2.47. The van der Waals surface area contributed by atoms with Crippen LogP contribution in [-0.2, 0) is 0 Å². The third-order valence-electron chi connectivity index (χ3n) is 3.60. The van der Waals surface area contributed by atoms with E-state index in [-0.39, 0.29) is 5.02 Å². The molecular formula is C16H14ClFO3. The lowest BCUT2D eigenvalue weighted by atomic mass is 9.95. The summed E-state index contributed by atoms with van der Waals surface area (Å²) in [6.07, 6.45) is -0.727. The zero-order valence-corrected chi connectivity index (χ0v) is 12.1. The summed E-state index contributed by atoms with van der Waals surface area (Å²) in [5.74, 6) is 0.695. The van der Waals surface area contributed by atoms with E-state index >= 15 is 0 Å². The molecule has 0 radical (unpaired) electrons. The Morgan fingerprint density at radius 1 is 1.29 bits per heavy atom. The Bertz CT molecular complexity index is 675. The van der Waals surface area contributed by atoms with Crippen LogP contribution in [0.4, 0.5) is 4.39 Å². The number of methoxy groups -OCH3 is 1. The predicted octanol–water partition coefficient (Wildman–Crippen LogP) is 4.04. The van der Waals surface area contributed by atoms with Gasteiger partial charge >= 0.3 is 0 Å².